The van der Waals surface area contributed by atoms with Crippen molar-refractivity contribution in [2.45, 2.75) is 33.8 Å². The van der Waals surface area contributed by atoms with Gasteiger partial charge < -0.3 is 0 Å². The SMILES string of the molecule is ClC1C2CC(c3ccccc32)C1Sc1ccccc1. The molecule has 19 heavy (non-hydrogen) atoms. The van der Waals surface area contributed by atoms with Gasteiger partial charge in [0, 0.05) is 16.1 Å². The molecule has 0 saturated heterocycles. The van der Waals surface area contributed by atoms with E-state index in [2.05, 4.69) is 54.6 Å². The van der Waals surface area contributed by atoms with Gasteiger partial charge in [0.05, 0.1) is 5.38 Å². The van der Waals surface area contributed by atoms with Crippen molar-refractivity contribution in [3.05, 3.63) is 65.7 Å². The second-order valence-electron chi connectivity index (χ2n) is 5.42. The zero-order valence-corrected chi connectivity index (χ0v) is 12.1. The van der Waals surface area contributed by atoms with Crippen molar-refractivity contribution in [3.63, 3.8) is 0 Å². The maximum Gasteiger partial charge on any atom is 0.0533 e. The number of halogens is 1. The Morgan fingerprint density at radius 1 is 0.842 bits per heavy atom. The quantitative estimate of drug-likeness (QED) is 0.697. The van der Waals surface area contributed by atoms with E-state index in [1.165, 1.54) is 22.4 Å². The molecule has 4 unspecified atom stereocenters. The molecule has 4 rings (SSSR count). The molecular formula is C17H15ClS. The van der Waals surface area contributed by atoms with Gasteiger partial charge in [-0.3, -0.25) is 0 Å². The third-order valence-electron chi connectivity index (χ3n) is 4.41. The summed E-state index contributed by atoms with van der Waals surface area (Å²) < 4.78 is 0. The van der Waals surface area contributed by atoms with Crippen LogP contribution in [0.4, 0.5) is 0 Å². The van der Waals surface area contributed by atoms with E-state index in [4.69, 9.17) is 11.6 Å². The van der Waals surface area contributed by atoms with Crippen molar-refractivity contribution >= 4 is 23.4 Å². The third kappa shape index (κ3) is 1.83. The van der Waals surface area contributed by atoms with E-state index < -0.39 is 0 Å². The second kappa shape index (κ2) is 4.57. The zero-order valence-electron chi connectivity index (χ0n) is 10.5. The summed E-state index contributed by atoms with van der Waals surface area (Å²) in [5.41, 5.74) is 3.04. The van der Waals surface area contributed by atoms with Crippen molar-refractivity contribution in [3.8, 4) is 0 Å². The summed E-state index contributed by atoms with van der Waals surface area (Å²) in [6, 6.07) is 19.5. The molecular weight excluding hydrogens is 272 g/mol. The molecule has 0 aromatic heterocycles. The Morgan fingerprint density at radius 2 is 1.47 bits per heavy atom. The van der Waals surface area contributed by atoms with E-state index >= 15 is 0 Å². The summed E-state index contributed by atoms with van der Waals surface area (Å²) in [5.74, 6) is 1.19. The van der Waals surface area contributed by atoms with Crippen LogP contribution in [-0.2, 0) is 0 Å². The van der Waals surface area contributed by atoms with Gasteiger partial charge in [0.1, 0.15) is 0 Å². The maximum atomic E-state index is 6.73. The number of benzene rings is 2. The molecule has 0 spiro atoms. The largest absolute Gasteiger partial charge is 0.121 e. The Morgan fingerprint density at radius 3 is 2.21 bits per heavy atom. The average Bonchev–Trinajstić information content (AvgIpc) is 2.98. The van der Waals surface area contributed by atoms with Crippen molar-refractivity contribution in [1.82, 2.24) is 0 Å². The van der Waals surface area contributed by atoms with E-state index in [1.807, 2.05) is 11.8 Å². The minimum atomic E-state index is 0.269. The van der Waals surface area contributed by atoms with Crippen LogP contribution in [0, 0.1) is 0 Å². The van der Waals surface area contributed by atoms with Gasteiger partial charge in [-0.2, -0.15) is 0 Å². The van der Waals surface area contributed by atoms with E-state index in [-0.39, 0.29) is 5.38 Å². The lowest BCUT2D eigenvalue weighted by Gasteiger charge is -2.28. The van der Waals surface area contributed by atoms with Gasteiger partial charge in [-0.1, -0.05) is 42.5 Å². The summed E-state index contributed by atoms with van der Waals surface area (Å²) in [7, 11) is 0. The minimum absolute atomic E-state index is 0.269. The fourth-order valence-electron chi connectivity index (χ4n) is 3.58. The highest BCUT2D eigenvalue weighted by Crippen LogP contribution is 2.59. The summed E-state index contributed by atoms with van der Waals surface area (Å²) >= 11 is 8.69. The number of alkyl halides is 1. The predicted octanol–water partition coefficient (Wildman–Crippen LogP) is 5.04. The molecule has 0 N–H and O–H groups in total. The number of hydrogen-bond donors (Lipinski definition) is 0. The molecule has 0 radical (unpaired) electrons. The lowest BCUT2D eigenvalue weighted by atomic mass is 9.91. The van der Waals surface area contributed by atoms with Gasteiger partial charge in [-0.25, -0.2) is 0 Å². The van der Waals surface area contributed by atoms with Crippen LogP contribution in [0.15, 0.2) is 59.5 Å². The van der Waals surface area contributed by atoms with Gasteiger partial charge in [-0.15, -0.1) is 23.4 Å². The Bertz CT molecular complexity index is 595. The second-order valence-corrected chi connectivity index (χ2v) is 7.17. The predicted molar refractivity (Wildman–Crippen MR) is 82.3 cm³/mol. The van der Waals surface area contributed by atoms with E-state index in [0.717, 1.165) is 0 Å². The van der Waals surface area contributed by atoms with Crippen LogP contribution >= 0.6 is 23.4 Å². The first-order valence-electron chi connectivity index (χ1n) is 6.79. The Labute approximate surface area is 123 Å². The maximum absolute atomic E-state index is 6.73. The normalized spacial score (nSPS) is 31.4. The molecule has 2 aromatic carbocycles. The fourth-order valence-corrected chi connectivity index (χ4v) is 5.52. The molecule has 0 amide bonds. The smallest absolute Gasteiger partial charge is 0.0533 e. The van der Waals surface area contributed by atoms with Crippen molar-refractivity contribution in [1.29, 1.82) is 0 Å². The molecule has 96 valence electrons. The van der Waals surface area contributed by atoms with Crippen LogP contribution in [0.3, 0.4) is 0 Å². The van der Waals surface area contributed by atoms with Gasteiger partial charge in [0.15, 0.2) is 0 Å². The molecule has 2 heteroatoms. The molecule has 4 atom stereocenters. The summed E-state index contributed by atoms with van der Waals surface area (Å²) in [4.78, 5) is 1.34. The third-order valence-corrected chi connectivity index (χ3v) is 6.58. The topological polar surface area (TPSA) is 0 Å². The molecule has 2 aromatic rings. The fraction of sp³-hybridized carbons (Fsp3) is 0.294. The van der Waals surface area contributed by atoms with Crippen LogP contribution in [0.2, 0.25) is 0 Å². The molecule has 1 saturated carbocycles. The first-order valence-corrected chi connectivity index (χ1v) is 8.11. The summed E-state index contributed by atoms with van der Waals surface area (Å²) in [5, 5.41) is 0.786. The van der Waals surface area contributed by atoms with Gasteiger partial charge in [-0.05, 0) is 35.6 Å². The Kier molecular flexibility index (Phi) is 2.86. The van der Waals surface area contributed by atoms with Crippen LogP contribution < -0.4 is 0 Å². The summed E-state index contributed by atoms with van der Waals surface area (Å²) in [6.07, 6.45) is 1.23. The minimum Gasteiger partial charge on any atom is -0.121 e. The molecule has 1 fully saturated rings. The zero-order chi connectivity index (χ0) is 12.8. The number of hydrogen-bond acceptors (Lipinski definition) is 1. The van der Waals surface area contributed by atoms with E-state index in [1.54, 1.807) is 0 Å². The van der Waals surface area contributed by atoms with E-state index in [9.17, 15) is 0 Å². The molecule has 2 aliphatic rings. The molecule has 0 heterocycles. The molecule has 0 nitrogen and oxygen atoms in total. The van der Waals surface area contributed by atoms with Crippen molar-refractivity contribution in [2.24, 2.45) is 0 Å². The van der Waals surface area contributed by atoms with Gasteiger partial charge in [0.25, 0.3) is 0 Å². The number of fused-ring (bicyclic) bond motifs is 5. The summed E-state index contributed by atoms with van der Waals surface area (Å²) in [6.45, 7) is 0. The van der Waals surface area contributed by atoms with Crippen LogP contribution in [0.1, 0.15) is 29.4 Å². The van der Waals surface area contributed by atoms with Gasteiger partial charge in [0.2, 0.25) is 0 Å². The average molecular weight is 287 g/mol. The lowest BCUT2D eigenvalue weighted by molar-refractivity contribution is 0.742. The number of thioether (sulfide) groups is 1. The van der Waals surface area contributed by atoms with Crippen LogP contribution in [-0.4, -0.2) is 10.6 Å². The van der Waals surface area contributed by atoms with Crippen molar-refractivity contribution in [2.75, 3.05) is 0 Å². The Hall–Kier alpha value is -0.920. The first kappa shape index (κ1) is 11.9. The number of rotatable bonds is 2. The first-order chi connectivity index (χ1) is 9.34. The Balaban J connectivity index is 1.66. The van der Waals surface area contributed by atoms with E-state index in [0.29, 0.717) is 17.1 Å². The molecule has 0 aliphatic heterocycles. The van der Waals surface area contributed by atoms with Gasteiger partial charge >= 0.3 is 0 Å². The molecule has 2 aliphatic carbocycles. The monoisotopic (exact) mass is 286 g/mol. The lowest BCUT2D eigenvalue weighted by Crippen LogP contribution is -2.24. The highest BCUT2D eigenvalue weighted by atomic mass is 35.5. The van der Waals surface area contributed by atoms with Crippen molar-refractivity contribution < 1.29 is 0 Å². The highest BCUT2D eigenvalue weighted by molar-refractivity contribution is 8.00. The highest BCUT2D eigenvalue weighted by Gasteiger charge is 2.50. The van der Waals surface area contributed by atoms with Crippen LogP contribution in [0.25, 0.3) is 0 Å². The molecule has 2 bridgehead atoms. The standard InChI is InChI=1S/C17H15ClS/c18-16-14-10-15(13-9-5-4-8-12(13)14)17(16)19-11-6-2-1-3-7-11/h1-9,14-17H,10H2. The van der Waals surface area contributed by atoms with Crippen LogP contribution in [0.5, 0.6) is 0 Å².